The highest BCUT2D eigenvalue weighted by Crippen LogP contribution is 2.31. The van der Waals surface area contributed by atoms with Crippen LogP contribution in [-0.4, -0.2) is 16.1 Å². The number of alkyl halides is 3. The molecule has 116 valence electrons. The first-order chi connectivity index (χ1) is 10.3. The summed E-state index contributed by atoms with van der Waals surface area (Å²) in [5.41, 5.74) is -0.239. The Bertz CT molecular complexity index is 651. The minimum atomic E-state index is -4.56. The van der Waals surface area contributed by atoms with E-state index in [1.165, 1.54) is 30.3 Å². The van der Waals surface area contributed by atoms with Gasteiger partial charge in [-0.3, -0.25) is 9.78 Å². The highest BCUT2D eigenvalue weighted by atomic mass is 19.4. The maximum atomic E-state index is 12.9. The van der Waals surface area contributed by atoms with E-state index in [0.29, 0.717) is 11.1 Å². The van der Waals surface area contributed by atoms with Crippen molar-refractivity contribution < 1.29 is 27.5 Å². The van der Waals surface area contributed by atoms with Crippen LogP contribution < -0.4 is 0 Å². The monoisotopic (exact) mass is 313 g/mol. The average molecular weight is 313 g/mol. The van der Waals surface area contributed by atoms with Crippen LogP contribution in [0.2, 0.25) is 0 Å². The molecule has 1 atom stereocenters. The van der Waals surface area contributed by atoms with Crippen molar-refractivity contribution in [1.29, 1.82) is 0 Å². The smallest absolute Gasteiger partial charge is 0.433 e. The van der Waals surface area contributed by atoms with E-state index in [0.717, 1.165) is 12.3 Å². The molecule has 2 rings (SSSR count). The van der Waals surface area contributed by atoms with Gasteiger partial charge in [0.15, 0.2) is 0 Å². The zero-order valence-electron chi connectivity index (χ0n) is 11.1. The van der Waals surface area contributed by atoms with Crippen molar-refractivity contribution in [2.24, 2.45) is 0 Å². The van der Waals surface area contributed by atoms with Crippen LogP contribution in [0, 0.1) is 5.82 Å². The molecule has 0 aliphatic heterocycles. The quantitative estimate of drug-likeness (QED) is 0.872. The Balaban J connectivity index is 2.37. The zero-order chi connectivity index (χ0) is 16.3. The van der Waals surface area contributed by atoms with Crippen LogP contribution >= 0.6 is 0 Å². The third-order valence-corrected chi connectivity index (χ3v) is 3.13. The fourth-order valence-corrected chi connectivity index (χ4v) is 2.08. The minimum Gasteiger partial charge on any atom is -0.481 e. The number of halogens is 4. The van der Waals surface area contributed by atoms with Gasteiger partial charge in [-0.05, 0) is 29.3 Å². The van der Waals surface area contributed by atoms with E-state index in [1.807, 2.05) is 0 Å². The molecule has 2 aromatic rings. The SMILES string of the molecule is O=C(O)CC(c1ccc(F)cc1)c1ccc(C(F)(F)F)nc1. The van der Waals surface area contributed by atoms with E-state index >= 15 is 0 Å². The molecule has 1 unspecified atom stereocenters. The number of nitrogens with zero attached hydrogens (tertiary/aromatic N) is 1. The van der Waals surface area contributed by atoms with E-state index in [-0.39, 0.29) is 6.42 Å². The molecule has 0 amide bonds. The molecular weight excluding hydrogens is 302 g/mol. The van der Waals surface area contributed by atoms with E-state index in [2.05, 4.69) is 4.98 Å². The molecule has 0 aliphatic carbocycles. The normalized spacial score (nSPS) is 12.9. The van der Waals surface area contributed by atoms with Crippen LogP contribution in [0.15, 0.2) is 42.6 Å². The molecule has 7 heteroatoms. The fraction of sp³-hybridized carbons (Fsp3) is 0.200. The van der Waals surface area contributed by atoms with Gasteiger partial charge in [-0.2, -0.15) is 13.2 Å². The molecular formula is C15H11F4NO2. The van der Waals surface area contributed by atoms with Crippen molar-refractivity contribution in [3.63, 3.8) is 0 Å². The van der Waals surface area contributed by atoms with Crippen LogP contribution in [0.25, 0.3) is 0 Å². The van der Waals surface area contributed by atoms with Crippen molar-refractivity contribution in [3.8, 4) is 0 Å². The number of benzene rings is 1. The second-order valence-corrected chi connectivity index (χ2v) is 4.68. The Labute approximate surface area is 123 Å². The fourth-order valence-electron chi connectivity index (χ4n) is 2.08. The summed E-state index contributed by atoms with van der Waals surface area (Å²) in [7, 11) is 0. The lowest BCUT2D eigenvalue weighted by Gasteiger charge is -2.16. The van der Waals surface area contributed by atoms with Gasteiger partial charge in [-0.15, -0.1) is 0 Å². The summed E-state index contributed by atoms with van der Waals surface area (Å²) in [6.45, 7) is 0. The van der Waals surface area contributed by atoms with Gasteiger partial charge in [-0.25, -0.2) is 4.39 Å². The number of carboxylic acid groups (broad SMARTS) is 1. The molecule has 0 spiro atoms. The van der Waals surface area contributed by atoms with Gasteiger partial charge in [0.1, 0.15) is 11.5 Å². The summed E-state index contributed by atoms with van der Waals surface area (Å²) in [5.74, 6) is -2.30. The molecule has 1 heterocycles. The molecule has 0 radical (unpaired) electrons. The lowest BCUT2D eigenvalue weighted by atomic mass is 9.89. The second-order valence-electron chi connectivity index (χ2n) is 4.68. The third-order valence-electron chi connectivity index (χ3n) is 3.13. The number of aliphatic carboxylic acids is 1. The number of carbonyl (C=O) groups is 1. The lowest BCUT2D eigenvalue weighted by Crippen LogP contribution is -2.11. The number of hydrogen-bond donors (Lipinski definition) is 1. The molecule has 0 fully saturated rings. The number of carboxylic acids is 1. The van der Waals surface area contributed by atoms with Gasteiger partial charge >= 0.3 is 12.1 Å². The van der Waals surface area contributed by atoms with Crippen LogP contribution in [0.3, 0.4) is 0 Å². The Hall–Kier alpha value is -2.44. The van der Waals surface area contributed by atoms with E-state index in [4.69, 9.17) is 5.11 Å². The van der Waals surface area contributed by atoms with Gasteiger partial charge in [0, 0.05) is 12.1 Å². The molecule has 1 aromatic heterocycles. The maximum Gasteiger partial charge on any atom is 0.433 e. The van der Waals surface area contributed by atoms with Crippen molar-refractivity contribution >= 4 is 5.97 Å². The summed E-state index contributed by atoms with van der Waals surface area (Å²) < 4.78 is 50.4. The molecule has 0 saturated carbocycles. The van der Waals surface area contributed by atoms with Gasteiger partial charge in [0.05, 0.1) is 6.42 Å². The van der Waals surface area contributed by atoms with Crippen molar-refractivity contribution in [2.45, 2.75) is 18.5 Å². The maximum absolute atomic E-state index is 12.9. The molecule has 1 aromatic carbocycles. The standard InChI is InChI=1S/C15H11F4NO2/c16-11-4-1-9(2-5-11)12(7-14(21)22)10-3-6-13(20-8-10)15(17,18)19/h1-6,8,12H,7H2,(H,21,22). The molecule has 1 N–H and O–H groups in total. The van der Waals surface area contributed by atoms with Crippen LogP contribution in [0.4, 0.5) is 17.6 Å². The Morgan fingerprint density at radius 3 is 2.14 bits per heavy atom. The topological polar surface area (TPSA) is 50.2 Å². The highest BCUT2D eigenvalue weighted by molar-refractivity contribution is 5.69. The number of rotatable bonds is 4. The summed E-state index contributed by atoms with van der Waals surface area (Å²) in [5, 5.41) is 8.97. The second kappa shape index (κ2) is 6.13. The predicted molar refractivity (Wildman–Crippen MR) is 69.7 cm³/mol. The Kier molecular flexibility index (Phi) is 4.44. The Morgan fingerprint density at radius 1 is 1.09 bits per heavy atom. The number of hydrogen-bond acceptors (Lipinski definition) is 2. The molecule has 3 nitrogen and oxygen atoms in total. The molecule has 22 heavy (non-hydrogen) atoms. The summed E-state index contributed by atoms with van der Waals surface area (Å²) in [6.07, 6.45) is -3.89. The van der Waals surface area contributed by atoms with E-state index < -0.39 is 29.6 Å². The number of aromatic nitrogens is 1. The average Bonchev–Trinajstić information content (AvgIpc) is 2.45. The zero-order valence-corrected chi connectivity index (χ0v) is 11.1. The van der Waals surface area contributed by atoms with Gasteiger partial charge in [0.2, 0.25) is 0 Å². The minimum absolute atomic E-state index is 0.321. The molecule has 0 bridgehead atoms. The third kappa shape index (κ3) is 3.81. The van der Waals surface area contributed by atoms with Crippen LogP contribution in [0.1, 0.15) is 29.2 Å². The Morgan fingerprint density at radius 2 is 1.68 bits per heavy atom. The largest absolute Gasteiger partial charge is 0.481 e. The van der Waals surface area contributed by atoms with Gasteiger partial charge in [0.25, 0.3) is 0 Å². The number of pyridine rings is 1. The first kappa shape index (κ1) is 15.9. The van der Waals surface area contributed by atoms with Crippen molar-refractivity contribution in [2.75, 3.05) is 0 Å². The van der Waals surface area contributed by atoms with E-state index in [1.54, 1.807) is 0 Å². The van der Waals surface area contributed by atoms with Gasteiger partial charge in [-0.1, -0.05) is 18.2 Å². The van der Waals surface area contributed by atoms with Crippen molar-refractivity contribution in [3.05, 3.63) is 65.2 Å². The predicted octanol–water partition coefficient (Wildman–Crippen LogP) is 3.85. The van der Waals surface area contributed by atoms with Crippen molar-refractivity contribution in [1.82, 2.24) is 4.98 Å². The van der Waals surface area contributed by atoms with E-state index in [9.17, 15) is 22.4 Å². The summed E-state index contributed by atoms with van der Waals surface area (Å²) >= 11 is 0. The summed E-state index contributed by atoms with van der Waals surface area (Å²) in [6, 6.07) is 7.13. The van der Waals surface area contributed by atoms with Crippen LogP contribution in [0.5, 0.6) is 0 Å². The van der Waals surface area contributed by atoms with Gasteiger partial charge < -0.3 is 5.11 Å². The highest BCUT2D eigenvalue weighted by Gasteiger charge is 2.32. The van der Waals surface area contributed by atoms with Crippen LogP contribution in [-0.2, 0) is 11.0 Å². The lowest BCUT2D eigenvalue weighted by molar-refractivity contribution is -0.141. The first-order valence-electron chi connectivity index (χ1n) is 6.28. The summed E-state index contributed by atoms with van der Waals surface area (Å²) in [4.78, 5) is 14.3. The first-order valence-corrected chi connectivity index (χ1v) is 6.28. The molecule has 0 saturated heterocycles. The molecule has 0 aliphatic rings.